The molecule has 0 aromatic rings. The average Bonchev–Trinajstić information content (AvgIpc) is 1.83. The summed E-state index contributed by atoms with van der Waals surface area (Å²) in [5.74, 6) is -0.0291. The van der Waals surface area contributed by atoms with Crippen LogP contribution in [0.15, 0.2) is 0 Å². The Kier molecular flexibility index (Phi) is 4.35. The largest absolute Gasteiger partial charge is 0.349 e. The van der Waals surface area contributed by atoms with Crippen LogP contribution in [0.25, 0.3) is 0 Å². The molecular formula is C4H7NO2S. The molecular weight excluding hydrogens is 126 g/mol. The first-order valence-electron chi connectivity index (χ1n) is 2.15. The summed E-state index contributed by atoms with van der Waals surface area (Å²) in [5, 5.41) is 2.30. The second-order valence-electron chi connectivity index (χ2n) is 1.13. The molecule has 46 valence electrons. The molecule has 0 spiro atoms. The molecule has 0 rings (SSSR count). The van der Waals surface area contributed by atoms with Crippen molar-refractivity contribution in [1.82, 2.24) is 5.32 Å². The molecule has 0 aromatic carbocycles. The number of amides is 1. The van der Waals surface area contributed by atoms with Crippen LogP contribution in [-0.2, 0) is 9.59 Å². The Morgan fingerprint density at radius 1 is 1.75 bits per heavy atom. The van der Waals surface area contributed by atoms with Crippen molar-refractivity contribution < 1.29 is 9.59 Å². The highest BCUT2D eigenvalue weighted by Gasteiger charge is 1.91. The Hall–Kier alpha value is -0.510. The second-order valence-corrected chi connectivity index (χ2v) is 1.58. The van der Waals surface area contributed by atoms with Crippen LogP contribution in [-0.4, -0.2) is 24.5 Å². The second kappa shape index (κ2) is 4.64. The van der Waals surface area contributed by atoms with E-state index in [9.17, 15) is 9.59 Å². The minimum absolute atomic E-state index is 0.240. The van der Waals surface area contributed by atoms with Gasteiger partial charge in [0.2, 0.25) is 6.29 Å². The molecule has 0 aliphatic carbocycles. The van der Waals surface area contributed by atoms with Crippen molar-refractivity contribution in [2.45, 2.75) is 0 Å². The van der Waals surface area contributed by atoms with Gasteiger partial charge in [0, 0.05) is 12.3 Å². The molecule has 0 aliphatic heterocycles. The topological polar surface area (TPSA) is 46.2 Å². The lowest BCUT2D eigenvalue weighted by atomic mass is 10.6. The van der Waals surface area contributed by atoms with Gasteiger partial charge in [-0.25, -0.2) is 0 Å². The summed E-state index contributed by atoms with van der Waals surface area (Å²) in [4.78, 5) is 19.6. The number of carbonyl (C=O) groups is 2. The van der Waals surface area contributed by atoms with Gasteiger partial charge in [-0.05, 0) is 0 Å². The first kappa shape index (κ1) is 7.49. The summed E-state index contributed by atoms with van der Waals surface area (Å²) in [6, 6.07) is 0. The number of aldehydes is 1. The molecule has 1 N–H and O–H groups in total. The van der Waals surface area contributed by atoms with Gasteiger partial charge < -0.3 is 5.32 Å². The number of carbonyl (C=O) groups excluding carboxylic acids is 2. The van der Waals surface area contributed by atoms with Crippen molar-refractivity contribution in [3.05, 3.63) is 0 Å². The predicted octanol–water partition coefficient (Wildman–Crippen LogP) is -0.769. The van der Waals surface area contributed by atoms with Gasteiger partial charge in [0.1, 0.15) is 0 Å². The van der Waals surface area contributed by atoms with Gasteiger partial charge in [-0.15, -0.1) is 0 Å². The van der Waals surface area contributed by atoms with Crippen molar-refractivity contribution in [3.8, 4) is 0 Å². The molecule has 4 heteroatoms. The first-order valence-corrected chi connectivity index (χ1v) is 2.78. The maximum absolute atomic E-state index is 10.1. The number of hydrogen-bond donors (Lipinski definition) is 2. The molecule has 8 heavy (non-hydrogen) atoms. The van der Waals surface area contributed by atoms with E-state index >= 15 is 0 Å². The van der Waals surface area contributed by atoms with Crippen LogP contribution in [0.5, 0.6) is 0 Å². The Morgan fingerprint density at radius 3 is 2.75 bits per heavy atom. The number of thiol groups is 1. The van der Waals surface area contributed by atoms with Crippen LogP contribution >= 0.6 is 12.6 Å². The maximum atomic E-state index is 10.1. The SMILES string of the molecule is O=CC(=O)NCCS. The third-order valence-corrected chi connectivity index (χ3v) is 0.742. The average molecular weight is 133 g/mol. The highest BCUT2D eigenvalue weighted by Crippen LogP contribution is 1.66. The van der Waals surface area contributed by atoms with Crippen LogP contribution in [0.1, 0.15) is 0 Å². The van der Waals surface area contributed by atoms with Gasteiger partial charge in [-0.2, -0.15) is 12.6 Å². The molecule has 0 radical (unpaired) electrons. The van der Waals surface area contributed by atoms with E-state index in [0.29, 0.717) is 12.3 Å². The van der Waals surface area contributed by atoms with E-state index in [4.69, 9.17) is 0 Å². The van der Waals surface area contributed by atoms with Gasteiger partial charge in [-0.3, -0.25) is 9.59 Å². The lowest BCUT2D eigenvalue weighted by Crippen LogP contribution is -2.25. The van der Waals surface area contributed by atoms with Gasteiger partial charge in [-0.1, -0.05) is 0 Å². The number of nitrogens with one attached hydrogen (secondary N) is 1. The summed E-state index contributed by atoms with van der Waals surface area (Å²) >= 11 is 3.80. The van der Waals surface area contributed by atoms with Gasteiger partial charge in [0.05, 0.1) is 0 Å². The third-order valence-electron chi connectivity index (χ3n) is 0.518. The monoisotopic (exact) mass is 133 g/mol. The zero-order valence-corrected chi connectivity index (χ0v) is 5.15. The van der Waals surface area contributed by atoms with Crippen LogP contribution in [0, 0.1) is 0 Å². The van der Waals surface area contributed by atoms with Gasteiger partial charge in [0.15, 0.2) is 0 Å². The summed E-state index contributed by atoms with van der Waals surface area (Å²) in [6.07, 6.45) is 0.240. The van der Waals surface area contributed by atoms with E-state index in [1.807, 2.05) is 0 Å². The zero-order chi connectivity index (χ0) is 6.41. The fourth-order valence-corrected chi connectivity index (χ4v) is 0.333. The quantitative estimate of drug-likeness (QED) is 0.302. The molecule has 0 aromatic heterocycles. The lowest BCUT2D eigenvalue weighted by molar-refractivity contribution is -0.131. The van der Waals surface area contributed by atoms with Crippen molar-refractivity contribution in [1.29, 1.82) is 0 Å². The van der Waals surface area contributed by atoms with E-state index < -0.39 is 5.91 Å². The maximum Gasteiger partial charge on any atom is 0.284 e. The molecule has 0 unspecified atom stereocenters. The van der Waals surface area contributed by atoms with E-state index in [-0.39, 0.29) is 6.29 Å². The zero-order valence-electron chi connectivity index (χ0n) is 4.26. The fraction of sp³-hybridized carbons (Fsp3) is 0.500. The van der Waals surface area contributed by atoms with Crippen LogP contribution < -0.4 is 5.32 Å². The molecule has 0 atom stereocenters. The molecule has 3 nitrogen and oxygen atoms in total. The van der Waals surface area contributed by atoms with Crippen LogP contribution in [0.2, 0.25) is 0 Å². The van der Waals surface area contributed by atoms with E-state index in [2.05, 4.69) is 17.9 Å². The lowest BCUT2D eigenvalue weighted by Gasteiger charge is -1.92. The van der Waals surface area contributed by atoms with Crippen molar-refractivity contribution in [2.75, 3.05) is 12.3 Å². The minimum atomic E-state index is -0.584. The predicted molar refractivity (Wildman–Crippen MR) is 32.9 cm³/mol. The van der Waals surface area contributed by atoms with E-state index in [0.717, 1.165) is 0 Å². The Balaban J connectivity index is 3.11. The van der Waals surface area contributed by atoms with E-state index in [1.54, 1.807) is 0 Å². The summed E-state index contributed by atoms with van der Waals surface area (Å²) in [6.45, 7) is 0.445. The molecule has 0 fully saturated rings. The Labute approximate surface area is 52.9 Å². The van der Waals surface area contributed by atoms with Crippen LogP contribution in [0.4, 0.5) is 0 Å². The third kappa shape index (κ3) is 3.67. The molecule has 1 amide bonds. The highest BCUT2D eigenvalue weighted by molar-refractivity contribution is 7.80. The number of rotatable bonds is 3. The molecule has 0 aliphatic rings. The Bertz CT molecular complexity index is 94.0. The molecule has 0 saturated heterocycles. The Morgan fingerprint density at radius 2 is 2.38 bits per heavy atom. The minimum Gasteiger partial charge on any atom is -0.349 e. The number of hydrogen-bond acceptors (Lipinski definition) is 3. The smallest absolute Gasteiger partial charge is 0.284 e. The molecule has 0 saturated carbocycles. The van der Waals surface area contributed by atoms with Gasteiger partial charge in [0.25, 0.3) is 5.91 Å². The van der Waals surface area contributed by atoms with Crippen molar-refractivity contribution >= 4 is 24.8 Å². The first-order chi connectivity index (χ1) is 3.81. The highest BCUT2D eigenvalue weighted by atomic mass is 32.1. The van der Waals surface area contributed by atoms with E-state index in [1.165, 1.54) is 0 Å². The molecule has 0 bridgehead atoms. The summed E-state index contributed by atoms with van der Waals surface area (Å²) in [7, 11) is 0. The van der Waals surface area contributed by atoms with Crippen molar-refractivity contribution in [3.63, 3.8) is 0 Å². The van der Waals surface area contributed by atoms with Crippen LogP contribution in [0.3, 0.4) is 0 Å². The standard InChI is InChI=1S/C4H7NO2S/c6-3-4(7)5-1-2-8/h3,8H,1-2H2,(H,5,7). The fourth-order valence-electron chi connectivity index (χ4n) is 0.221. The normalized spacial score (nSPS) is 8.12. The van der Waals surface area contributed by atoms with Gasteiger partial charge >= 0.3 is 0 Å². The summed E-state index contributed by atoms with van der Waals surface area (Å²) in [5.41, 5.74) is 0. The molecule has 0 heterocycles. The van der Waals surface area contributed by atoms with Crippen molar-refractivity contribution in [2.24, 2.45) is 0 Å². The summed E-state index contributed by atoms with van der Waals surface area (Å²) < 4.78 is 0.